The van der Waals surface area contributed by atoms with Gasteiger partial charge in [0.05, 0.1) is 6.10 Å². The van der Waals surface area contributed by atoms with E-state index in [9.17, 15) is 58.7 Å². The molecule has 0 fully saturated rings. The Labute approximate surface area is 160 Å². The Morgan fingerprint density at radius 3 is 1.43 bits per heavy atom. The number of hydrogen-bond donors (Lipinski definition) is 0. The molecule has 0 saturated carbocycles. The van der Waals surface area contributed by atoms with Crippen LogP contribution in [0.1, 0.15) is 13.8 Å². The first-order valence-electron chi connectivity index (χ1n) is 7.26. The van der Waals surface area contributed by atoms with Gasteiger partial charge in [0.15, 0.2) is 6.10 Å². The highest BCUT2D eigenvalue weighted by atomic mass is 19.4. The van der Waals surface area contributed by atoms with Crippen LogP contribution in [0, 0.1) is 0 Å². The standard InChI is InChI=1S/C13H11F9O8/c1-4(2)28-7(23)6(30-10(26)13(20,21)22)5(29-9(25)12(17,18)19)3-27-8(24)11(14,15)16/h4-6H,3H2,1-2H3. The molecule has 0 aliphatic heterocycles. The predicted molar refractivity (Wildman–Crippen MR) is 70.1 cm³/mol. The number of ether oxygens (including phenoxy) is 4. The van der Waals surface area contributed by atoms with Gasteiger partial charge in [-0.25, -0.2) is 19.2 Å². The van der Waals surface area contributed by atoms with E-state index in [2.05, 4.69) is 18.9 Å². The highest BCUT2D eigenvalue weighted by Crippen LogP contribution is 2.24. The largest absolute Gasteiger partial charge is 0.490 e. The number of rotatable bonds is 7. The number of hydrogen-bond acceptors (Lipinski definition) is 8. The number of carbonyl (C=O) groups is 4. The van der Waals surface area contributed by atoms with Gasteiger partial charge in [0, 0.05) is 0 Å². The van der Waals surface area contributed by atoms with Crippen LogP contribution in [0.15, 0.2) is 0 Å². The third-order valence-electron chi connectivity index (χ3n) is 2.49. The molecule has 2 unspecified atom stereocenters. The molecular weight excluding hydrogens is 455 g/mol. The summed E-state index contributed by atoms with van der Waals surface area (Å²) in [6.45, 7) is 0.116. The fourth-order valence-electron chi connectivity index (χ4n) is 1.38. The highest BCUT2D eigenvalue weighted by Gasteiger charge is 2.50. The number of carbonyl (C=O) groups excluding carboxylic acids is 4. The normalized spacial score (nSPS) is 14.5. The van der Waals surface area contributed by atoms with Crippen molar-refractivity contribution in [1.29, 1.82) is 0 Å². The second-order valence-corrected chi connectivity index (χ2v) is 5.35. The topological polar surface area (TPSA) is 105 Å². The maximum Gasteiger partial charge on any atom is 0.490 e. The van der Waals surface area contributed by atoms with Gasteiger partial charge in [-0.3, -0.25) is 0 Å². The van der Waals surface area contributed by atoms with Crippen LogP contribution in [0.2, 0.25) is 0 Å². The van der Waals surface area contributed by atoms with Gasteiger partial charge in [0.1, 0.15) is 6.61 Å². The van der Waals surface area contributed by atoms with Crippen molar-refractivity contribution in [1.82, 2.24) is 0 Å². The van der Waals surface area contributed by atoms with Crippen molar-refractivity contribution < 1.29 is 77.6 Å². The third kappa shape index (κ3) is 9.17. The summed E-state index contributed by atoms with van der Waals surface area (Å²) in [7, 11) is 0. The van der Waals surface area contributed by atoms with Crippen molar-refractivity contribution in [2.75, 3.05) is 6.61 Å². The van der Waals surface area contributed by atoms with Gasteiger partial charge in [-0.15, -0.1) is 0 Å². The average molecular weight is 466 g/mol. The van der Waals surface area contributed by atoms with Crippen LogP contribution in [-0.4, -0.2) is 67.3 Å². The van der Waals surface area contributed by atoms with E-state index >= 15 is 0 Å². The van der Waals surface area contributed by atoms with Gasteiger partial charge in [0.25, 0.3) is 0 Å². The van der Waals surface area contributed by atoms with E-state index in [1.54, 1.807) is 0 Å². The molecule has 0 N–H and O–H groups in total. The molecule has 0 aliphatic carbocycles. The zero-order chi connectivity index (χ0) is 24.1. The van der Waals surface area contributed by atoms with Crippen LogP contribution in [0.3, 0.4) is 0 Å². The maximum absolute atomic E-state index is 12.4. The number of alkyl halides is 9. The van der Waals surface area contributed by atoms with E-state index in [4.69, 9.17) is 0 Å². The molecular formula is C13H11F9O8. The maximum atomic E-state index is 12.4. The molecule has 0 radical (unpaired) electrons. The van der Waals surface area contributed by atoms with E-state index in [-0.39, 0.29) is 0 Å². The molecule has 8 nitrogen and oxygen atoms in total. The molecule has 0 amide bonds. The lowest BCUT2D eigenvalue weighted by Gasteiger charge is -2.26. The van der Waals surface area contributed by atoms with Gasteiger partial charge in [0.2, 0.25) is 6.10 Å². The lowest BCUT2D eigenvalue weighted by Crippen LogP contribution is -2.49. The Bertz CT molecular complexity index is 650. The smallest absolute Gasteiger partial charge is 0.460 e. The molecule has 0 rings (SSSR count). The van der Waals surface area contributed by atoms with E-state index in [1.807, 2.05) is 0 Å². The molecule has 0 bridgehead atoms. The van der Waals surface area contributed by atoms with E-state index in [1.165, 1.54) is 0 Å². The van der Waals surface area contributed by atoms with Crippen molar-refractivity contribution in [3.63, 3.8) is 0 Å². The van der Waals surface area contributed by atoms with Gasteiger partial charge in [-0.1, -0.05) is 0 Å². The second kappa shape index (κ2) is 9.84. The summed E-state index contributed by atoms with van der Waals surface area (Å²) in [6, 6.07) is 0. The Balaban J connectivity index is 5.94. The van der Waals surface area contributed by atoms with Crippen LogP contribution < -0.4 is 0 Å². The Morgan fingerprint density at radius 1 is 0.667 bits per heavy atom. The van der Waals surface area contributed by atoms with Crippen molar-refractivity contribution >= 4 is 23.9 Å². The summed E-state index contributed by atoms with van der Waals surface area (Å²) in [5, 5.41) is 0. The molecule has 0 spiro atoms. The first-order chi connectivity index (χ1) is 13.3. The van der Waals surface area contributed by atoms with Crippen molar-refractivity contribution in [2.24, 2.45) is 0 Å². The van der Waals surface area contributed by atoms with Crippen LogP contribution in [-0.2, 0) is 38.1 Å². The molecule has 0 aromatic heterocycles. The summed E-state index contributed by atoms with van der Waals surface area (Å²) >= 11 is 0. The molecule has 2 atom stereocenters. The quantitative estimate of drug-likeness (QED) is 0.319. The number of halogens is 9. The molecule has 0 aromatic carbocycles. The molecule has 0 saturated heterocycles. The molecule has 0 aliphatic rings. The summed E-state index contributed by atoms with van der Waals surface area (Å²) in [5.41, 5.74) is 0. The summed E-state index contributed by atoms with van der Waals surface area (Å²) in [4.78, 5) is 44.4. The van der Waals surface area contributed by atoms with E-state index in [0.29, 0.717) is 0 Å². The van der Waals surface area contributed by atoms with Crippen LogP contribution in [0.4, 0.5) is 39.5 Å². The van der Waals surface area contributed by atoms with Crippen LogP contribution >= 0.6 is 0 Å². The summed E-state index contributed by atoms with van der Waals surface area (Å²) in [6.07, 6.45) is -24.8. The third-order valence-corrected chi connectivity index (χ3v) is 2.49. The van der Waals surface area contributed by atoms with Gasteiger partial charge in [-0.2, -0.15) is 39.5 Å². The first-order valence-corrected chi connectivity index (χ1v) is 7.26. The molecule has 0 heterocycles. The molecule has 17 heteroatoms. The average Bonchev–Trinajstić information content (AvgIpc) is 2.52. The monoisotopic (exact) mass is 466 g/mol. The van der Waals surface area contributed by atoms with Gasteiger partial charge >= 0.3 is 42.4 Å². The summed E-state index contributed by atoms with van der Waals surface area (Å²) in [5.74, 6) is -11.5. The molecule has 0 aromatic rings. The molecule has 174 valence electrons. The zero-order valence-electron chi connectivity index (χ0n) is 14.6. The van der Waals surface area contributed by atoms with Crippen molar-refractivity contribution in [2.45, 2.75) is 50.7 Å². The number of esters is 4. The lowest BCUT2D eigenvalue weighted by molar-refractivity contribution is -0.230. The fraction of sp³-hybridized carbons (Fsp3) is 0.692. The second-order valence-electron chi connectivity index (χ2n) is 5.35. The minimum atomic E-state index is -5.84. The first kappa shape index (κ1) is 27.2. The van der Waals surface area contributed by atoms with Gasteiger partial charge < -0.3 is 18.9 Å². The van der Waals surface area contributed by atoms with E-state index in [0.717, 1.165) is 13.8 Å². The van der Waals surface area contributed by atoms with Crippen molar-refractivity contribution in [3.8, 4) is 0 Å². The van der Waals surface area contributed by atoms with Gasteiger partial charge in [-0.05, 0) is 13.8 Å². The Morgan fingerprint density at radius 2 is 1.07 bits per heavy atom. The Kier molecular flexibility index (Phi) is 8.93. The van der Waals surface area contributed by atoms with Crippen LogP contribution in [0.5, 0.6) is 0 Å². The Hall–Kier alpha value is -2.75. The fourth-order valence-corrected chi connectivity index (χ4v) is 1.38. The summed E-state index contributed by atoms with van der Waals surface area (Å²) < 4.78 is 126. The minimum absolute atomic E-state index is 1.08. The van der Waals surface area contributed by atoms with Crippen LogP contribution in [0.25, 0.3) is 0 Å². The van der Waals surface area contributed by atoms with Crippen molar-refractivity contribution in [3.05, 3.63) is 0 Å². The zero-order valence-corrected chi connectivity index (χ0v) is 14.6. The predicted octanol–water partition coefficient (Wildman–Crippen LogP) is 1.99. The highest BCUT2D eigenvalue weighted by molar-refractivity contribution is 5.83. The van der Waals surface area contributed by atoms with E-state index < -0.39 is 67.3 Å². The SMILES string of the molecule is CC(C)OC(=O)C(OC(=O)C(F)(F)F)C(COC(=O)C(F)(F)F)OC(=O)C(F)(F)F. The lowest BCUT2D eigenvalue weighted by atomic mass is 10.2. The minimum Gasteiger partial charge on any atom is -0.460 e. The molecule has 30 heavy (non-hydrogen) atoms.